The standard InChI is InChI=1S/C14H9Cl2N3OS/c15-8-2-1-3-10(6-8)17-13(20)19-14-18-11-5-4-9(16)7-12(11)21-14/h1-7H,(H2,17,18,19,20). The van der Waals surface area contributed by atoms with Crippen molar-refractivity contribution in [2.45, 2.75) is 0 Å². The largest absolute Gasteiger partial charge is 0.325 e. The van der Waals surface area contributed by atoms with Crippen molar-refractivity contribution >= 4 is 61.6 Å². The van der Waals surface area contributed by atoms with Gasteiger partial charge >= 0.3 is 6.03 Å². The molecule has 21 heavy (non-hydrogen) atoms. The van der Waals surface area contributed by atoms with Crippen molar-refractivity contribution in [2.24, 2.45) is 0 Å². The number of halogens is 2. The normalized spacial score (nSPS) is 10.6. The van der Waals surface area contributed by atoms with E-state index in [2.05, 4.69) is 15.6 Å². The fourth-order valence-electron chi connectivity index (χ4n) is 1.78. The highest BCUT2D eigenvalue weighted by molar-refractivity contribution is 7.22. The van der Waals surface area contributed by atoms with Gasteiger partial charge in [0.25, 0.3) is 0 Å². The third kappa shape index (κ3) is 3.44. The van der Waals surface area contributed by atoms with E-state index in [0.717, 1.165) is 10.2 Å². The van der Waals surface area contributed by atoms with E-state index < -0.39 is 0 Å². The first-order valence-corrected chi connectivity index (χ1v) is 7.57. The zero-order chi connectivity index (χ0) is 14.8. The molecule has 0 saturated carbocycles. The summed E-state index contributed by atoms with van der Waals surface area (Å²) in [6.45, 7) is 0. The van der Waals surface area contributed by atoms with Crippen molar-refractivity contribution in [3.05, 3.63) is 52.5 Å². The second kappa shape index (κ2) is 5.89. The fourth-order valence-corrected chi connectivity index (χ4v) is 3.10. The molecule has 0 fully saturated rings. The summed E-state index contributed by atoms with van der Waals surface area (Å²) in [7, 11) is 0. The van der Waals surface area contributed by atoms with Crippen LogP contribution in [0.5, 0.6) is 0 Å². The summed E-state index contributed by atoms with van der Waals surface area (Å²) in [5.74, 6) is 0. The maximum atomic E-state index is 11.9. The highest BCUT2D eigenvalue weighted by Gasteiger charge is 2.08. The van der Waals surface area contributed by atoms with E-state index >= 15 is 0 Å². The minimum Gasteiger partial charge on any atom is -0.308 e. The predicted octanol–water partition coefficient (Wildman–Crippen LogP) is 5.25. The number of rotatable bonds is 2. The van der Waals surface area contributed by atoms with Crippen LogP contribution in [0, 0.1) is 0 Å². The molecule has 1 aromatic heterocycles. The molecule has 106 valence electrons. The number of carbonyl (C=O) groups excluding carboxylic acids is 1. The van der Waals surface area contributed by atoms with Gasteiger partial charge in [0.15, 0.2) is 5.13 Å². The Labute approximate surface area is 134 Å². The smallest absolute Gasteiger partial charge is 0.308 e. The van der Waals surface area contributed by atoms with E-state index in [4.69, 9.17) is 23.2 Å². The fraction of sp³-hybridized carbons (Fsp3) is 0. The molecular formula is C14H9Cl2N3OS. The second-order valence-corrected chi connectivity index (χ2v) is 6.12. The highest BCUT2D eigenvalue weighted by Crippen LogP contribution is 2.28. The summed E-state index contributed by atoms with van der Waals surface area (Å²) in [5, 5.41) is 7.09. The van der Waals surface area contributed by atoms with Crippen LogP contribution in [-0.4, -0.2) is 11.0 Å². The molecule has 3 rings (SSSR count). The van der Waals surface area contributed by atoms with Crippen molar-refractivity contribution in [1.29, 1.82) is 0 Å². The summed E-state index contributed by atoms with van der Waals surface area (Å²) in [5.41, 5.74) is 1.41. The van der Waals surface area contributed by atoms with Crippen LogP contribution in [-0.2, 0) is 0 Å². The molecule has 0 aliphatic rings. The van der Waals surface area contributed by atoms with E-state index in [1.54, 1.807) is 30.3 Å². The number of nitrogens with one attached hydrogen (secondary N) is 2. The molecule has 0 atom stereocenters. The Kier molecular flexibility index (Phi) is 3.96. The molecule has 3 aromatic rings. The van der Waals surface area contributed by atoms with E-state index in [1.165, 1.54) is 11.3 Å². The number of anilines is 2. The quantitative estimate of drug-likeness (QED) is 0.671. The average Bonchev–Trinajstić information content (AvgIpc) is 2.79. The Bertz CT molecular complexity index is 819. The first-order chi connectivity index (χ1) is 10.1. The number of thiazole rings is 1. The van der Waals surface area contributed by atoms with Gasteiger partial charge in [-0.05, 0) is 36.4 Å². The maximum Gasteiger partial charge on any atom is 0.325 e. The SMILES string of the molecule is O=C(Nc1cccc(Cl)c1)Nc1nc2ccc(Cl)cc2s1. The van der Waals surface area contributed by atoms with Gasteiger partial charge in [0.2, 0.25) is 0 Å². The molecule has 0 bridgehead atoms. The zero-order valence-electron chi connectivity index (χ0n) is 10.6. The maximum absolute atomic E-state index is 11.9. The number of carbonyl (C=O) groups is 1. The van der Waals surface area contributed by atoms with Gasteiger partial charge in [-0.15, -0.1) is 0 Å². The van der Waals surface area contributed by atoms with Crippen LogP contribution in [0.4, 0.5) is 15.6 Å². The molecule has 0 radical (unpaired) electrons. The minimum absolute atomic E-state index is 0.373. The molecule has 7 heteroatoms. The summed E-state index contributed by atoms with van der Waals surface area (Å²) in [6.07, 6.45) is 0. The number of aromatic nitrogens is 1. The predicted molar refractivity (Wildman–Crippen MR) is 88.7 cm³/mol. The van der Waals surface area contributed by atoms with Crippen molar-refractivity contribution < 1.29 is 4.79 Å². The third-order valence-corrected chi connectivity index (χ3v) is 4.06. The van der Waals surface area contributed by atoms with Gasteiger partial charge in [0, 0.05) is 15.7 Å². The number of hydrogen-bond acceptors (Lipinski definition) is 3. The lowest BCUT2D eigenvalue weighted by Gasteiger charge is -2.05. The lowest BCUT2D eigenvalue weighted by atomic mass is 10.3. The van der Waals surface area contributed by atoms with Crippen LogP contribution in [0.3, 0.4) is 0 Å². The lowest BCUT2D eigenvalue weighted by molar-refractivity contribution is 0.262. The van der Waals surface area contributed by atoms with E-state index in [-0.39, 0.29) is 6.03 Å². The summed E-state index contributed by atoms with van der Waals surface area (Å²) in [6, 6.07) is 11.9. The second-order valence-electron chi connectivity index (χ2n) is 4.22. The Morgan fingerprint density at radius 1 is 1.05 bits per heavy atom. The van der Waals surface area contributed by atoms with Gasteiger partial charge in [0.05, 0.1) is 10.2 Å². The van der Waals surface area contributed by atoms with Crippen molar-refractivity contribution in [3.63, 3.8) is 0 Å². The van der Waals surface area contributed by atoms with Crippen LogP contribution in [0.2, 0.25) is 10.0 Å². The Hall–Kier alpha value is -1.82. The zero-order valence-corrected chi connectivity index (χ0v) is 12.9. The van der Waals surface area contributed by atoms with Gasteiger partial charge in [-0.1, -0.05) is 40.6 Å². The highest BCUT2D eigenvalue weighted by atomic mass is 35.5. The third-order valence-electron chi connectivity index (χ3n) is 2.65. The molecule has 2 N–H and O–H groups in total. The molecule has 4 nitrogen and oxygen atoms in total. The lowest BCUT2D eigenvalue weighted by Crippen LogP contribution is -2.19. The summed E-state index contributed by atoms with van der Waals surface area (Å²) >= 11 is 13.1. The number of nitrogens with zero attached hydrogens (tertiary/aromatic N) is 1. The number of amides is 2. The van der Waals surface area contributed by atoms with Crippen LogP contribution in [0.15, 0.2) is 42.5 Å². The van der Waals surface area contributed by atoms with Crippen LogP contribution >= 0.6 is 34.5 Å². The van der Waals surface area contributed by atoms with Crippen molar-refractivity contribution in [2.75, 3.05) is 10.6 Å². The Morgan fingerprint density at radius 3 is 2.67 bits per heavy atom. The number of benzene rings is 2. The van der Waals surface area contributed by atoms with Gasteiger partial charge in [-0.2, -0.15) is 0 Å². The number of fused-ring (bicyclic) bond motifs is 1. The van der Waals surface area contributed by atoms with Crippen LogP contribution in [0.1, 0.15) is 0 Å². The number of urea groups is 1. The molecule has 0 unspecified atom stereocenters. The molecule has 0 spiro atoms. The molecule has 1 heterocycles. The monoisotopic (exact) mass is 337 g/mol. The Morgan fingerprint density at radius 2 is 1.86 bits per heavy atom. The van der Waals surface area contributed by atoms with E-state index in [1.807, 2.05) is 12.1 Å². The molecule has 2 aromatic carbocycles. The minimum atomic E-state index is -0.373. The van der Waals surface area contributed by atoms with Crippen LogP contribution in [0.25, 0.3) is 10.2 Å². The molecule has 0 aliphatic heterocycles. The summed E-state index contributed by atoms with van der Waals surface area (Å²) in [4.78, 5) is 16.2. The van der Waals surface area contributed by atoms with E-state index in [9.17, 15) is 4.79 Å². The molecule has 0 aliphatic carbocycles. The molecule has 0 saturated heterocycles. The van der Waals surface area contributed by atoms with Crippen LogP contribution < -0.4 is 10.6 Å². The number of hydrogen-bond donors (Lipinski definition) is 2. The molecule has 2 amide bonds. The Balaban J connectivity index is 1.74. The van der Waals surface area contributed by atoms with Gasteiger partial charge < -0.3 is 5.32 Å². The first kappa shape index (κ1) is 14.1. The van der Waals surface area contributed by atoms with Gasteiger partial charge in [-0.3, -0.25) is 5.32 Å². The average molecular weight is 338 g/mol. The molecular weight excluding hydrogens is 329 g/mol. The van der Waals surface area contributed by atoms with Crippen molar-refractivity contribution in [3.8, 4) is 0 Å². The van der Waals surface area contributed by atoms with Gasteiger partial charge in [-0.25, -0.2) is 9.78 Å². The van der Waals surface area contributed by atoms with E-state index in [0.29, 0.717) is 20.9 Å². The van der Waals surface area contributed by atoms with Gasteiger partial charge in [0.1, 0.15) is 0 Å². The summed E-state index contributed by atoms with van der Waals surface area (Å²) < 4.78 is 0.917. The topological polar surface area (TPSA) is 54.0 Å². The van der Waals surface area contributed by atoms with Crippen molar-refractivity contribution in [1.82, 2.24) is 4.98 Å². The first-order valence-electron chi connectivity index (χ1n) is 6.00.